The van der Waals surface area contributed by atoms with Gasteiger partial charge in [0.25, 0.3) is 0 Å². The van der Waals surface area contributed by atoms with Crippen LogP contribution in [0.1, 0.15) is 51.9 Å². The number of carbonyl (C=O) groups is 2. The molecule has 1 amide bonds. The summed E-state index contributed by atoms with van der Waals surface area (Å²) in [6.45, 7) is 2.88. The molecule has 2 unspecified atom stereocenters. The van der Waals surface area contributed by atoms with E-state index in [2.05, 4.69) is 6.92 Å². The minimum atomic E-state index is 0.0709. The molecule has 0 spiro atoms. The van der Waals surface area contributed by atoms with Crippen LogP contribution in [0.3, 0.4) is 0 Å². The van der Waals surface area contributed by atoms with Gasteiger partial charge in [-0.15, -0.1) is 0 Å². The maximum Gasteiger partial charge on any atom is 0.230 e. The number of carbonyl (C=O) groups excluding carboxylic acids is 2. The van der Waals surface area contributed by atoms with Crippen LogP contribution in [0.25, 0.3) is 0 Å². The smallest absolute Gasteiger partial charge is 0.230 e. The zero-order valence-electron chi connectivity index (χ0n) is 10.1. The lowest BCUT2D eigenvalue weighted by atomic mass is 9.81. The molecule has 2 atom stereocenters. The second-order valence-corrected chi connectivity index (χ2v) is 5.07. The van der Waals surface area contributed by atoms with Crippen molar-refractivity contribution in [3.8, 4) is 0 Å². The molecule has 1 heterocycles. The highest BCUT2D eigenvalue weighted by molar-refractivity contribution is 6.00. The van der Waals surface area contributed by atoms with Crippen molar-refractivity contribution >= 4 is 11.7 Å². The Morgan fingerprint density at radius 1 is 1.25 bits per heavy atom. The monoisotopic (exact) mass is 223 g/mol. The van der Waals surface area contributed by atoms with Gasteiger partial charge in [0.15, 0.2) is 0 Å². The van der Waals surface area contributed by atoms with Crippen molar-refractivity contribution in [3.63, 3.8) is 0 Å². The highest BCUT2D eigenvalue weighted by Gasteiger charge is 2.34. The first-order chi connectivity index (χ1) is 7.72. The van der Waals surface area contributed by atoms with Gasteiger partial charge in [-0.05, 0) is 18.8 Å². The van der Waals surface area contributed by atoms with Crippen LogP contribution in [0.2, 0.25) is 0 Å². The molecule has 2 rings (SSSR count). The molecule has 2 aliphatic rings. The van der Waals surface area contributed by atoms with Gasteiger partial charge in [-0.1, -0.05) is 26.2 Å². The van der Waals surface area contributed by atoms with Crippen molar-refractivity contribution in [2.75, 3.05) is 6.54 Å². The van der Waals surface area contributed by atoms with E-state index in [1.165, 1.54) is 19.3 Å². The molecule has 1 aliphatic heterocycles. The lowest BCUT2D eigenvalue weighted by Crippen LogP contribution is -2.49. The van der Waals surface area contributed by atoms with Gasteiger partial charge in [-0.2, -0.15) is 0 Å². The van der Waals surface area contributed by atoms with Crippen LogP contribution in [0.5, 0.6) is 0 Å². The Bertz CT molecular complexity index is 288. The van der Waals surface area contributed by atoms with E-state index in [-0.39, 0.29) is 18.1 Å². The summed E-state index contributed by atoms with van der Waals surface area (Å²) in [5, 5.41) is 0. The number of rotatable bonds is 2. The Kier molecular flexibility index (Phi) is 3.62. The van der Waals surface area contributed by atoms with Gasteiger partial charge in [0, 0.05) is 19.0 Å². The van der Waals surface area contributed by atoms with Crippen LogP contribution in [0.15, 0.2) is 0 Å². The van der Waals surface area contributed by atoms with Gasteiger partial charge in [0.05, 0.1) is 6.42 Å². The van der Waals surface area contributed by atoms with Crippen LogP contribution in [0.4, 0.5) is 0 Å². The van der Waals surface area contributed by atoms with E-state index >= 15 is 0 Å². The van der Waals surface area contributed by atoms with Gasteiger partial charge in [0.2, 0.25) is 5.91 Å². The Labute approximate surface area is 97.2 Å². The van der Waals surface area contributed by atoms with Crippen molar-refractivity contribution in [2.45, 2.75) is 57.9 Å². The lowest BCUT2D eigenvalue weighted by molar-refractivity contribution is -0.143. The topological polar surface area (TPSA) is 37.4 Å². The third-order valence-corrected chi connectivity index (χ3v) is 4.09. The predicted molar refractivity (Wildman–Crippen MR) is 62.0 cm³/mol. The van der Waals surface area contributed by atoms with E-state index in [9.17, 15) is 9.59 Å². The van der Waals surface area contributed by atoms with Gasteiger partial charge in [0.1, 0.15) is 5.78 Å². The summed E-state index contributed by atoms with van der Waals surface area (Å²) in [7, 11) is 0. The molecule has 3 heteroatoms. The zero-order chi connectivity index (χ0) is 11.5. The first-order valence-electron chi connectivity index (χ1n) is 6.53. The quantitative estimate of drug-likeness (QED) is 0.673. The SMILES string of the molecule is CCC1CCCCC1N1CCC(=O)CC1=O. The van der Waals surface area contributed by atoms with E-state index in [1.54, 1.807) is 0 Å². The van der Waals surface area contributed by atoms with E-state index in [0.29, 0.717) is 24.9 Å². The normalized spacial score (nSPS) is 31.9. The highest BCUT2D eigenvalue weighted by Crippen LogP contribution is 2.32. The molecular formula is C13H21NO2. The number of Topliss-reactive ketones (excluding diaryl/α,β-unsaturated/α-hetero) is 1. The van der Waals surface area contributed by atoms with Gasteiger partial charge in [-0.3, -0.25) is 9.59 Å². The van der Waals surface area contributed by atoms with Crippen molar-refractivity contribution in [1.29, 1.82) is 0 Å². The maximum absolute atomic E-state index is 11.9. The third kappa shape index (κ3) is 2.28. The van der Waals surface area contributed by atoms with Crippen molar-refractivity contribution in [1.82, 2.24) is 4.90 Å². The number of hydrogen-bond acceptors (Lipinski definition) is 2. The maximum atomic E-state index is 11.9. The zero-order valence-corrected chi connectivity index (χ0v) is 10.1. The van der Waals surface area contributed by atoms with Crippen LogP contribution < -0.4 is 0 Å². The predicted octanol–water partition coefficient (Wildman–Crippen LogP) is 2.15. The Morgan fingerprint density at radius 2 is 2.00 bits per heavy atom. The number of likely N-dealkylation sites (tertiary alicyclic amines) is 1. The molecule has 90 valence electrons. The molecule has 0 aromatic carbocycles. The van der Waals surface area contributed by atoms with Gasteiger partial charge < -0.3 is 4.90 Å². The molecule has 3 nitrogen and oxygen atoms in total. The first kappa shape index (κ1) is 11.6. The molecule has 1 saturated heterocycles. The number of amides is 1. The van der Waals surface area contributed by atoms with Crippen LogP contribution in [-0.4, -0.2) is 29.2 Å². The number of piperidine rings is 1. The Morgan fingerprint density at radius 3 is 2.69 bits per heavy atom. The Hall–Kier alpha value is -0.860. The third-order valence-electron chi connectivity index (χ3n) is 4.09. The minimum absolute atomic E-state index is 0.0709. The van der Waals surface area contributed by atoms with Crippen LogP contribution in [-0.2, 0) is 9.59 Å². The van der Waals surface area contributed by atoms with E-state index in [4.69, 9.17) is 0 Å². The number of hydrogen-bond donors (Lipinski definition) is 0. The summed E-state index contributed by atoms with van der Waals surface area (Å²) in [5.41, 5.74) is 0. The van der Waals surface area contributed by atoms with E-state index in [1.807, 2.05) is 4.90 Å². The van der Waals surface area contributed by atoms with Crippen molar-refractivity contribution < 1.29 is 9.59 Å². The summed E-state index contributed by atoms with van der Waals surface area (Å²) in [5.74, 6) is 0.845. The first-order valence-corrected chi connectivity index (χ1v) is 6.53. The molecule has 0 bridgehead atoms. The van der Waals surface area contributed by atoms with Crippen LogP contribution >= 0.6 is 0 Å². The van der Waals surface area contributed by atoms with Gasteiger partial charge in [-0.25, -0.2) is 0 Å². The summed E-state index contributed by atoms with van der Waals surface area (Å²) in [4.78, 5) is 25.1. The van der Waals surface area contributed by atoms with E-state index in [0.717, 1.165) is 12.8 Å². The fourth-order valence-electron chi connectivity index (χ4n) is 3.15. The van der Waals surface area contributed by atoms with Crippen molar-refractivity contribution in [3.05, 3.63) is 0 Å². The second-order valence-electron chi connectivity index (χ2n) is 5.07. The molecular weight excluding hydrogens is 202 g/mol. The second kappa shape index (κ2) is 4.98. The summed E-state index contributed by atoms with van der Waals surface area (Å²) in [6, 6.07) is 0.416. The number of nitrogens with zero attached hydrogens (tertiary/aromatic N) is 1. The molecule has 1 aliphatic carbocycles. The largest absolute Gasteiger partial charge is 0.339 e. The number of ketones is 1. The molecule has 0 N–H and O–H groups in total. The molecule has 2 fully saturated rings. The standard InChI is InChI=1S/C13H21NO2/c1-2-10-5-3-4-6-12(10)14-8-7-11(15)9-13(14)16/h10,12H,2-9H2,1H3. The fraction of sp³-hybridized carbons (Fsp3) is 0.846. The highest BCUT2D eigenvalue weighted by atomic mass is 16.2. The van der Waals surface area contributed by atoms with Crippen LogP contribution in [0, 0.1) is 5.92 Å². The fourth-order valence-corrected chi connectivity index (χ4v) is 3.15. The van der Waals surface area contributed by atoms with Crippen molar-refractivity contribution in [2.24, 2.45) is 5.92 Å². The van der Waals surface area contributed by atoms with Gasteiger partial charge >= 0.3 is 0 Å². The molecule has 16 heavy (non-hydrogen) atoms. The molecule has 0 aromatic heterocycles. The summed E-state index contributed by atoms with van der Waals surface area (Å²) < 4.78 is 0. The average molecular weight is 223 g/mol. The summed E-state index contributed by atoms with van der Waals surface area (Å²) >= 11 is 0. The average Bonchev–Trinajstić information content (AvgIpc) is 2.29. The summed E-state index contributed by atoms with van der Waals surface area (Å²) in [6.07, 6.45) is 6.79. The molecule has 1 saturated carbocycles. The molecule has 0 radical (unpaired) electrons. The van der Waals surface area contributed by atoms with E-state index < -0.39 is 0 Å². The molecule has 0 aromatic rings. The lowest BCUT2D eigenvalue weighted by Gasteiger charge is -2.41. The Balaban J connectivity index is 2.04. The minimum Gasteiger partial charge on any atom is -0.339 e.